The second-order valence-corrected chi connectivity index (χ2v) is 6.87. The largest absolute Gasteiger partial charge is 0.452 e. The van der Waals surface area contributed by atoms with Gasteiger partial charge in [-0.15, -0.1) is 0 Å². The standard InChI is InChI=1S/C22H24N2O4/c1-16(17-8-4-3-5-9-17)23(2)21(26)15-28-22(27)18-10-6-11-19(14-18)24-13-7-12-20(24)25/h3-6,8-11,14,16H,7,12-13,15H2,1-2H3/t16-/m0/s1. The second kappa shape index (κ2) is 8.69. The molecule has 0 aliphatic carbocycles. The van der Waals surface area contributed by atoms with Gasteiger partial charge in [0.2, 0.25) is 5.91 Å². The third-order valence-electron chi connectivity index (χ3n) is 5.05. The number of nitrogens with zero attached hydrogens (tertiary/aromatic N) is 2. The van der Waals surface area contributed by atoms with Gasteiger partial charge in [-0.3, -0.25) is 9.59 Å². The van der Waals surface area contributed by atoms with E-state index in [4.69, 9.17) is 4.74 Å². The fraction of sp³-hybridized carbons (Fsp3) is 0.318. The summed E-state index contributed by atoms with van der Waals surface area (Å²) in [5.74, 6) is -0.810. The van der Waals surface area contributed by atoms with E-state index in [1.807, 2.05) is 37.3 Å². The molecule has 28 heavy (non-hydrogen) atoms. The van der Waals surface area contributed by atoms with Crippen molar-refractivity contribution in [2.45, 2.75) is 25.8 Å². The summed E-state index contributed by atoms with van der Waals surface area (Å²) in [4.78, 5) is 39.9. The van der Waals surface area contributed by atoms with E-state index >= 15 is 0 Å². The zero-order valence-corrected chi connectivity index (χ0v) is 16.1. The highest BCUT2D eigenvalue weighted by atomic mass is 16.5. The highest BCUT2D eigenvalue weighted by Gasteiger charge is 2.23. The molecular weight excluding hydrogens is 356 g/mol. The molecule has 0 radical (unpaired) electrons. The maximum atomic E-state index is 12.4. The van der Waals surface area contributed by atoms with Crippen molar-refractivity contribution in [1.82, 2.24) is 4.90 Å². The van der Waals surface area contributed by atoms with Crippen LogP contribution < -0.4 is 4.90 Å². The molecule has 0 aromatic heterocycles. The average molecular weight is 380 g/mol. The first kappa shape index (κ1) is 19.6. The van der Waals surface area contributed by atoms with Crippen LogP contribution in [0.2, 0.25) is 0 Å². The number of anilines is 1. The predicted octanol–water partition coefficient (Wildman–Crippen LogP) is 3.19. The molecule has 1 aliphatic rings. The molecule has 1 fully saturated rings. The minimum Gasteiger partial charge on any atom is -0.452 e. The van der Waals surface area contributed by atoms with Crippen LogP contribution in [0.25, 0.3) is 0 Å². The Balaban J connectivity index is 1.59. The Morgan fingerprint density at radius 1 is 1.14 bits per heavy atom. The minimum atomic E-state index is -0.581. The molecule has 1 heterocycles. The van der Waals surface area contributed by atoms with Crippen LogP contribution in [-0.4, -0.2) is 42.9 Å². The lowest BCUT2D eigenvalue weighted by atomic mass is 10.1. The topological polar surface area (TPSA) is 66.9 Å². The van der Waals surface area contributed by atoms with Gasteiger partial charge in [-0.1, -0.05) is 36.4 Å². The van der Waals surface area contributed by atoms with Gasteiger partial charge in [0.25, 0.3) is 5.91 Å². The highest BCUT2D eigenvalue weighted by Crippen LogP contribution is 2.23. The van der Waals surface area contributed by atoms with Crippen LogP contribution in [-0.2, 0) is 14.3 Å². The molecule has 6 nitrogen and oxygen atoms in total. The van der Waals surface area contributed by atoms with Crippen molar-refractivity contribution in [3.05, 3.63) is 65.7 Å². The fourth-order valence-corrected chi connectivity index (χ4v) is 3.21. The lowest BCUT2D eigenvalue weighted by molar-refractivity contribution is -0.135. The van der Waals surface area contributed by atoms with Crippen molar-refractivity contribution >= 4 is 23.5 Å². The lowest BCUT2D eigenvalue weighted by Gasteiger charge is -2.25. The summed E-state index contributed by atoms with van der Waals surface area (Å²) in [5.41, 5.74) is 2.01. The molecule has 0 N–H and O–H groups in total. The normalized spacial score (nSPS) is 14.6. The van der Waals surface area contributed by atoms with Gasteiger partial charge in [-0.05, 0) is 37.1 Å². The van der Waals surface area contributed by atoms with Crippen molar-refractivity contribution < 1.29 is 19.1 Å². The maximum absolute atomic E-state index is 12.4. The van der Waals surface area contributed by atoms with Gasteiger partial charge in [-0.25, -0.2) is 4.79 Å². The van der Waals surface area contributed by atoms with E-state index in [1.165, 1.54) is 0 Å². The first-order valence-electron chi connectivity index (χ1n) is 9.35. The summed E-state index contributed by atoms with van der Waals surface area (Å²) in [7, 11) is 1.69. The third-order valence-corrected chi connectivity index (χ3v) is 5.05. The smallest absolute Gasteiger partial charge is 0.338 e. The van der Waals surface area contributed by atoms with Gasteiger partial charge < -0.3 is 14.5 Å². The average Bonchev–Trinajstić information content (AvgIpc) is 3.17. The molecule has 0 saturated carbocycles. The van der Waals surface area contributed by atoms with E-state index in [0.717, 1.165) is 12.0 Å². The van der Waals surface area contributed by atoms with Gasteiger partial charge in [0.05, 0.1) is 11.6 Å². The van der Waals surface area contributed by atoms with Crippen LogP contribution in [0.1, 0.15) is 41.7 Å². The predicted molar refractivity (Wildman–Crippen MR) is 106 cm³/mol. The summed E-state index contributed by atoms with van der Waals surface area (Å²) in [5, 5.41) is 0. The van der Waals surface area contributed by atoms with E-state index in [-0.39, 0.29) is 24.5 Å². The molecule has 146 valence electrons. The Bertz CT molecular complexity index is 866. The maximum Gasteiger partial charge on any atom is 0.338 e. The Morgan fingerprint density at radius 3 is 2.57 bits per heavy atom. The SMILES string of the molecule is C[C@@H](c1ccccc1)N(C)C(=O)COC(=O)c1cccc(N2CCCC2=O)c1. The number of carbonyl (C=O) groups is 3. The molecule has 1 aliphatic heterocycles. The minimum absolute atomic E-state index is 0.0530. The van der Waals surface area contributed by atoms with E-state index in [9.17, 15) is 14.4 Å². The summed E-state index contributed by atoms with van der Waals surface area (Å²) >= 11 is 0. The Morgan fingerprint density at radius 2 is 1.89 bits per heavy atom. The van der Waals surface area contributed by atoms with Gasteiger partial charge in [-0.2, -0.15) is 0 Å². The highest BCUT2D eigenvalue weighted by molar-refractivity contribution is 5.97. The van der Waals surface area contributed by atoms with Crippen LogP contribution in [0.3, 0.4) is 0 Å². The quantitative estimate of drug-likeness (QED) is 0.722. The lowest BCUT2D eigenvalue weighted by Crippen LogP contribution is -2.33. The number of rotatable bonds is 6. The van der Waals surface area contributed by atoms with E-state index in [1.54, 1.807) is 41.1 Å². The van der Waals surface area contributed by atoms with Crippen LogP contribution in [0.4, 0.5) is 5.69 Å². The molecule has 6 heteroatoms. The van der Waals surface area contributed by atoms with Crippen LogP contribution in [0.15, 0.2) is 54.6 Å². The Labute approximate surface area is 164 Å². The van der Waals surface area contributed by atoms with E-state index in [2.05, 4.69) is 0 Å². The molecule has 2 aromatic carbocycles. The zero-order valence-electron chi connectivity index (χ0n) is 16.1. The number of ether oxygens (including phenoxy) is 1. The Hall–Kier alpha value is -3.15. The van der Waals surface area contributed by atoms with Gasteiger partial charge in [0.1, 0.15) is 0 Å². The van der Waals surface area contributed by atoms with Crippen molar-refractivity contribution in [2.24, 2.45) is 0 Å². The molecule has 3 rings (SSSR count). The molecular formula is C22H24N2O4. The molecule has 2 aromatic rings. The number of carbonyl (C=O) groups excluding carboxylic acids is 3. The molecule has 0 spiro atoms. The first-order chi connectivity index (χ1) is 13.5. The Kier molecular flexibility index (Phi) is 6.09. The number of benzene rings is 2. The van der Waals surface area contributed by atoms with Crippen molar-refractivity contribution in [3.8, 4) is 0 Å². The van der Waals surface area contributed by atoms with Crippen LogP contribution in [0.5, 0.6) is 0 Å². The number of hydrogen-bond acceptors (Lipinski definition) is 4. The third kappa shape index (κ3) is 4.39. The monoisotopic (exact) mass is 380 g/mol. The summed E-state index contributed by atoms with van der Waals surface area (Å²) in [6.45, 7) is 2.24. The molecule has 1 atom stereocenters. The number of likely N-dealkylation sites (N-methyl/N-ethyl adjacent to an activating group) is 1. The second-order valence-electron chi connectivity index (χ2n) is 6.87. The van der Waals surface area contributed by atoms with Crippen molar-refractivity contribution in [3.63, 3.8) is 0 Å². The first-order valence-corrected chi connectivity index (χ1v) is 9.35. The number of amides is 2. The molecule has 2 amide bonds. The molecule has 0 unspecified atom stereocenters. The number of esters is 1. The molecule has 1 saturated heterocycles. The van der Waals surface area contributed by atoms with Gasteiger partial charge in [0, 0.05) is 25.7 Å². The van der Waals surface area contributed by atoms with Crippen molar-refractivity contribution in [2.75, 3.05) is 25.1 Å². The summed E-state index contributed by atoms with van der Waals surface area (Å²) in [6.07, 6.45) is 1.34. The molecule has 0 bridgehead atoms. The number of hydrogen-bond donors (Lipinski definition) is 0. The zero-order chi connectivity index (χ0) is 20.1. The van der Waals surface area contributed by atoms with Crippen molar-refractivity contribution in [1.29, 1.82) is 0 Å². The van der Waals surface area contributed by atoms with E-state index < -0.39 is 5.97 Å². The van der Waals surface area contributed by atoms with Crippen LogP contribution in [0, 0.1) is 0 Å². The van der Waals surface area contributed by atoms with Crippen LogP contribution >= 0.6 is 0 Å². The fourth-order valence-electron chi connectivity index (χ4n) is 3.21. The van der Waals surface area contributed by atoms with Gasteiger partial charge in [0.15, 0.2) is 6.61 Å². The summed E-state index contributed by atoms with van der Waals surface area (Å²) < 4.78 is 5.21. The summed E-state index contributed by atoms with van der Waals surface area (Å²) in [6, 6.07) is 16.3. The van der Waals surface area contributed by atoms with E-state index in [0.29, 0.717) is 24.2 Å². The van der Waals surface area contributed by atoms with Gasteiger partial charge >= 0.3 is 5.97 Å².